The highest BCUT2D eigenvalue weighted by Crippen LogP contribution is 2.45. The lowest BCUT2D eigenvalue weighted by molar-refractivity contribution is 0.0974. The Balaban J connectivity index is 1.27. The molecule has 11 heteroatoms. The summed E-state index contributed by atoms with van der Waals surface area (Å²) in [6.45, 7) is 12.0. The van der Waals surface area contributed by atoms with E-state index >= 15 is 0 Å². The van der Waals surface area contributed by atoms with E-state index in [4.69, 9.17) is 22.0 Å². The van der Waals surface area contributed by atoms with Gasteiger partial charge < -0.3 is 20.3 Å². The molecule has 9 nitrogen and oxygen atoms in total. The average molecular weight is 495 g/mol. The number of alkyl halides is 2. The highest BCUT2D eigenvalue weighted by Gasteiger charge is 2.47. The molecule has 2 fully saturated rings. The van der Waals surface area contributed by atoms with Crippen molar-refractivity contribution >= 4 is 34.2 Å². The maximum Gasteiger partial charge on any atom is 0.245 e. The van der Waals surface area contributed by atoms with Crippen molar-refractivity contribution in [2.75, 3.05) is 36.0 Å². The van der Waals surface area contributed by atoms with Crippen molar-refractivity contribution < 1.29 is 13.5 Å². The quantitative estimate of drug-likeness (QED) is 0.528. The summed E-state index contributed by atoms with van der Waals surface area (Å²) in [4.78, 5) is 17.0. The highest BCUT2D eigenvalue weighted by molar-refractivity contribution is 5.88. The number of halogens is 2. The van der Waals surface area contributed by atoms with Crippen molar-refractivity contribution in [2.45, 2.75) is 50.7 Å². The van der Waals surface area contributed by atoms with Crippen LogP contribution in [-0.4, -0.2) is 65.0 Å². The molecule has 0 radical (unpaired) electrons. The van der Waals surface area contributed by atoms with Gasteiger partial charge in [0.25, 0.3) is 0 Å². The van der Waals surface area contributed by atoms with E-state index in [9.17, 15) is 8.78 Å². The van der Waals surface area contributed by atoms with Gasteiger partial charge >= 0.3 is 0 Å². The van der Waals surface area contributed by atoms with Crippen molar-refractivity contribution in [3.8, 4) is 0 Å². The maximum atomic E-state index is 13.8. The van der Waals surface area contributed by atoms with Gasteiger partial charge in [-0.15, -0.1) is 0 Å². The zero-order valence-corrected chi connectivity index (χ0v) is 20.0. The second-order valence-corrected chi connectivity index (χ2v) is 10.1. The third kappa shape index (κ3) is 3.59. The summed E-state index contributed by atoms with van der Waals surface area (Å²) in [5.41, 5.74) is 9.06. The molecule has 3 aliphatic heterocycles. The monoisotopic (exact) mass is 494 g/mol. The van der Waals surface area contributed by atoms with E-state index in [0.29, 0.717) is 47.1 Å². The summed E-state index contributed by atoms with van der Waals surface area (Å²) in [6.07, 6.45) is 1.47. The highest BCUT2D eigenvalue weighted by atomic mass is 19.3. The molecule has 1 aromatic carbocycles. The third-order valence-corrected chi connectivity index (χ3v) is 8.22. The first kappa shape index (κ1) is 23.1. The topological polar surface area (TPSA) is 101 Å². The summed E-state index contributed by atoms with van der Waals surface area (Å²) in [6, 6.07) is 4.99. The van der Waals surface area contributed by atoms with Gasteiger partial charge in [-0.3, -0.25) is 5.10 Å². The van der Waals surface area contributed by atoms with Crippen molar-refractivity contribution in [3.05, 3.63) is 41.4 Å². The minimum absolute atomic E-state index is 0.0272. The lowest BCUT2D eigenvalue weighted by Crippen LogP contribution is -2.50. The van der Waals surface area contributed by atoms with E-state index < -0.39 is 12.3 Å². The number of nitrogens with zero attached hydrogens (tertiary/aromatic N) is 6. The van der Waals surface area contributed by atoms with Gasteiger partial charge in [-0.25, -0.2) is 23.6 Å². The number of H-pyrrole nitrogens is 1. The molecule has 0 amide bonds. The van der Waals surface area contributed by atoms with Crippen LogP contribution in [-0.2, 0) is 4.74 Å². The lowest BCUT2D eigenvalue weighted by Gasteiger charge is -2.41. The van der Waals surface area contributed by atoms with Crippen LogP contribution in [0.3, 0.4) is 0 Å². The number of aromatic nitrogens is 4. The lowest BCUT2D eigenvalue weighted by atomic mass is 9.73. The molecule has 0 unspecified atom stereocenters. The Hall–Kier alpha value is -3.36. The molecule has 36 heavy (non-hydrogen) atoms. The predicted molar refractivity (Wildman–Crippen MR) is 132 cm³/mol. The average Bonchev–Trinajstić information content (AvgIpc) is 3.44. The normalized spacial score (nSPS) is 25.5. The number of benzene rings is 1. The minimum atomic E-state index is -2.50. The molecule has 188 valence electrons. The van der Waals surface area contributed by atoms with Gasteiger partial charge in [0.1, 0.15) is 5.82 Å². The molecule has 3 aromatic rings. The Bertz CT molecular complexity index is 1330. The van der Waals surface area contributed by atoms with Gasteiger partial charge in [-0.05, 0) is 37.8 Å². The van der Waals surface area contributed by atoms with E-state index in [1.807, 2.05) is 11.8 Å². The fraction of sp³-hybridized carbons (Fsp3) is 0.520. The van der Waals surface area contributed by atoms with Crippen molar-refractivity contribution in [3.63, 3.8) is 0 Å². The number of hydrogen-bond acceptors (Lipinski definition) is 7. The molecular weight excluding hydrogens is 466 g/mol. The standard InChI is InChI=1S/C25H28F2N8O/c1-14-21(28)25(13-36-14)6-9-34(10-7-25)19-12-30-20-23(31-19)32-33-24(20)35-8-5-16(22(26)27)17-11-15(29-2)3-4-18(17)35/h3-4,11-12,14,16,21-22H,5-10,13,28H2,1H3,(H,31,32,33)/t14-,16-,21+/m0/s1. The predicted octanol–water partition coefficient (Wildman–Crippen LogP) is 4.13. The van der Waals surface area contributed by atoms with Crippen LogP contribution in [0, 0.1) is 12.0 Å². The van der Waals surface area contributed by atoms with Crippen LogP contribution in [0.2, 0.25) is 0 Å². The van der Waals surface area contributed by atoms with Gasteiger partial charge in [0.05, 0.1) is 25.5 Å². The van der Waals surface area contributed by atoms with Crippen molar-refractivity contribution in [2.24, 2.45) is 11.1 Å². The summed E-state index contributed by atoms with van der Waals surface area (Å²) in [7, 11) is 0. The molecule has 3 aliphatic rings. The summed E-state index contributed by atoms with van der Waals surface area (Å²) in [5, 5.41) is 7.45. The molecular formula is C25H28F2N8O. The molecule has 0 bridgehead atoms. The van der Waals surface area contributed by atoms with Crippen LogP contribution in [0.25, 0.3) is 16.0 Å². The number of aromatic amines is 1. The molecule has 6 rings (SSSR count). The molecule has 0 saturated carbocycles. The zero-order chi connectivity index (χ0) is 25.0. The first-order chi connectivity index (χ1) is 17.4. The van der Waals surface area contributed by atoms with Crippen LogP contribution >= 0.6 is 0 Å². The number of nitrogens with one attached hydrogen (secondary N) is 1. The van der Waals surface area contributed by atoms with E-state index in [-0.39, 0.29) is 24.0 Å². The van der Waals surface area contributed by atoms with Crippen LogP contribution in [0.1, 0.15) is 37.7 Å². The van der Waals surface area contributed by atoms with E-state index in [1.165, 1.54) is 0 Å². The zero-order valence-electron chi connectivity index (χ0n) is 20.0. The minimum Gasteiger partial charge on any atom is -0.376 e. The first-order valence-corrected chi connectivity index (χ1v) is 12.3. The maximum absolute atomic E-state index is 13.8. The second kappa shape index (κ2) is 8.64. The van der Waals surface area contributed by atoms with Gasteiger partial charge in [0, 0.05) is 42.7 Å². The first-order valence-electron chi connectivity index (χ1n) is 12.3. The molecule has 2 saturated heterocycles. The smallest absolute Gasteiger partial charge is 0.245 e. The Kier molecular flexibility index (Phi) is 5.53. The number of anilines is 3. The summed E-state index contributed by atoms with van der Waals surface area (Å²) in [5.74, 6) is 0.408. The van der Waals surface area contributed by atoms with E-state index in [2.05, 4.69) is 24.9 Å². The Morgan fingerprint density at radius 3 is 2.78 bits per heavy atom. The number of piperidine rings is 1. The Labute approximate surface area is 207 Å². The number of nitrogens with two attached hydrogens (primary N) is 1. The Morgan fingerprint density at radius 2 is 2.08 bits per heavy atom. The van der Waals surface area contributed by atoms with Crippen LogP contribution in [0.4, 0.5) is 31.8 Å². The molecule has 3 N–H and O–H groups in total. The number of fused-ring (bicyclic) bond motifs is 2. The van der Waals surface area contributed by atoms with Crippen LogP contribution < -0.4 is 15.5 Å². The molecule has 3 atom stereocenters. The van der Waals surface area contributed by atoms with E-state index in [1.54, 1.807) is 24.4 Å². The summed E-state index contributed by atoms with van der Waals surface area (Å²) < 4.78 is 33.3. The number of hydrogen-bond donors (Lipinski definition) is 2. The van der Waals surface area contributed by atoms with Crippen LogP contribution in [0.15, 0.2) is 24.4 Å². The third-order valence-electron chi connectivity index (χ3n) is 8.22. The van der Waals surface area contributed by atoms with Crippen LogP contribution in [0.5, 0.6) is 0 Å². The summed E-state index contributed by atoms with van der Waals surface area (Å²) >= 11 is 0. The SMILES string of the molecule is [C-]#[N+]c1ccc2c(c1)[C@@H](C(F)F)CCN2c1n[nH]c2nc(N3CCC4(CC3)CO[C@@H](C)[C@H]4N)cnc12. The number of rotatable bonds is 3. The second-order valence-electron chi connectivity index (χ2n) is 10.1. The Morgan fingerprint density at radius 1 is 1.28 bits per heavy atom. The molecule has 5 heterocycles. The van der Waals surface area contributed by atoms with Gasteiger partial charge in [0.2, 0.25) is 6.43 Å². The van der Waals surface area contributed by atoms with Crippen molar-refractivity contribution in [1.82, 2.24) is 20.2 Å². The van der Waals surface area contributed by atoms with Crippen molar-refractivity contribution in [1.29, 1.82) is 0 Å². The van der Waals surface area contributed by atoms with Gasteiger partial charge in [-0.1, -0.05) is 12.1 Å². The largest absolute Gasteiger partial charge is 0.376 e. The molecule has 0 aliphatic carbocycles. The molecule has 2 aromatic heterocycles. The van der Waals surface area contributed by atoms with E-state index in [0.717, 1.165) is 31.7 Å². The fourth-order valence-corrected chi connectivity index (χ4v) is 5.95. The van der Waals surface area contributed by atoms with Gasteiger partial charge in [0.15, 0.2) is 22.7 Å². The number of ether oxygens (including phenoxy) is 1. The van der Waals surface area contributed by atoms with Gasteiger partial charge in [-0.2, -0.15) is 5.10 Å². The molecule has 1 spiro atoms. The fourth-order valence-electron chi connectivity index (χ4n) is 5.95.